The second kappa shape index (κ2) is 144. The Morgan fingerprint density at radius 2 is 0.765 bits per heavy atom. The average Bonchev–Trinajstić information content (AvgIpc) is 2.51. The maximum Gasteiger partial charge on any atom is 0.106 e. The first-order chi connectivity index (χ1) is 8.00. The number of carbonyl (C=O) groups is 5. The van der Waals surface area contributed by atoms with E-state index in [2.05, 4.69) is 6.07 Å². The summed E-state index contributed by atoms with van der Waals surface area (Å²) in [5, 5.41) is 0. The Balaban J connectivity index is -0.0000000242. The van der Waals surface area contributed by atoms with Crippen LogP contribution in [0, 0.1) is 6.07 Å². The normalized spacial score (nSPS) is 4.00. The fourth-order valence-electron chi connectivity index (χ4n) is 0.342. The maximum atomic E-state index is 8.00. The van der Waals surface area contributed by atoms with Gasteiger partial charge in [-0.15, -0.1) is 0 Å². The zero-order valence-corrected chi connectivity index (χ0v) is 10.5. The van der Waals surface area contributed by atoms with Crippen LogP contribution in [0.1, 0.15) is 0 Å². The Morgan fingerprint density at radius 1 is 0.529 bits per heavy atom. The molecule has 97 valence electrons. The van der Waals surface area contributed by atoms with Crippen LogP contribution in [0.15, 0.2) is 30.3 Å². The molecule has 0 saturated carbocycles. The molecule has 1 aromatic rings. The van der Waals surface area contributed by atoms with E-state index >= 15 is 0 Å². The van der Waals surface area contributed by atoms with Gasteiger partial charge >= 0.3 is 0 Å². The minimum absolute atomic E-state index is 0. The first-order valence-corrected chi connectivity index (χ1v) is 3.35. The molecule has 1 rings (SSSR count). The number of hydrogen-bond acceptors (Lipinski definition) is 5. The Hall–Kier alpha value is -1.91. The fourth-order valence-corrected chi connectivity index (χ4v) is 0.342. The predicted octanol–water partition coefficient (Wildman–Crippen LogP) is 0.560. The molecule has 17 heavy (non-hydrogen) atoms. The van der Waals surface area contributed by atoms with Gasteiger partial charge in [-0.3, -0.25) is 0 Å². The van der Waals surface area contributed by atoms with Gasteiger partial charge in [0.1, 0.15) is 33.9 Å². The Bertz CT molecular complexity index is 136. The van der Waals surface area contributed by atoms with Crippen molar-refractivity contribution in [2.24, 2.45) is 0 Å². The minimum atomic E-state index is 0. The first-order valence-electron chi connectivity index (χ1n) is 3.35. The van der Waals surface area contributed by atoms with Gasteiger partial charge < -0.3 is 24.0 Å². The summed E-state index contributed by atoms with van der Waals surface area (Å²) >= 11 is 0. The van der Waals surface area contributed by atoms with Gasteiger partial charge in [0.25, 0.3) is 0 Å². The van der Waals surface area contributed by atoms with Gasteiger partial charge in [0.05, 0.1) is 0 Å². The summed E-state index contributed by atoms with van der Waals surface area (Å²) in [6.07, 6.45) is 0. The standard InChI is InChI=1S/C6H5.5CH2O.Mn/c1-2-4-6-5-3-1;5*1-2;/h1-5H;5*1H2;/q-1;;;;;;. The van der Waals surface area contributed by atoms with Crippen LogP contribution in [0.4, 0.5) is 0 Å². The molecule has 0 aliphatic carbocycles. The van der Waals surface area contributed by atoms with Crippen LogP contribution in [-0.4, -0.2) is 33.9 Å². The smallest absolute Gasteiger partial charge is 0.106 e. The second-order valence-electron chi connectivity index (χ2n) is 1.08. The Labute approximate surface area is 112 Å². The molecule has 1 radical (unpaired) electrons. The van der Waals surface area contributed by atoms with E-state index in [-0.39, 0.29) is 17.1 Å². The Morgan fingerprint density at radius 3 is 0.824 bits per heavy atom. The second-order valence-corrected chi connectivity index (χ2v) is 1.08. The molecular formula is C11H15MnO5-. The monoisotopic (exact) mass is 282 g/mol. The molecule has 0 atom stereocenters. The van der Waals surface area contributed by atoms with Crippen molar-refractivity contribution in [3.05, 3.63) is 36.4 Å². The van der Waals surface area contributed by atoms with Crippen LogP contribution < -0.4 is 0 Å². The molecule has 0 heterocycles. The van der Waals surface area contributed by atoms with Crippen molar-refractivity contribution in [3.8, 4) is 0 Å². The topological polar surface area (TPSA) is 85.3 Å². The van der Waals surface area contributed by atoms with Gasteiger partial charge in [0, 0.05) is 17.1 Å². The van der Waals surface area contributed by atoms with Crippen LogP contribution >= 0.6 is 0 Å². The third-order valence-corrected chi connectivity index (χ3v) is 0.607. The molecule has 0 bridgehead atoms. The summed E-state index contributed by atoms with van der Waals surface area (Å²) in [6.45, 7) is 10.0. The molecule has 0 aliphatic rings. The van der Waals surface area contributed by atoms with Gasteiger partial charge in [-0.2, -0.15) is 36.4 Å². The quantitative estimate of drug-likeness (QED) is 0.512. The number of carbonyl (C=O) groups excluding carboxylic acids is 5. The maximum absolute atomic E-state index is 8.00. The van der Waals surface area contributed by atoms with Gasteiger partial charge in [-0.1, -0.05) is 0 Å². The van der Waals surface area contributed by atoms with Crippen molar-refractivity contribution in [1.82, 2.24) is 0 Å². The van der Waals surface area contributed by atoms with Gasteiger partial charge in [-0.05, 0) is 0 Å². The molecule has 0 aliphatic heterocycles. The molecule has 0 saturated heterocycles. The molecule has 0 amide bonds. The third kappa shape index (κ3) is 123. The first kappa shape index (κ1) is 36.3. The largest absolute Gasteiger partial charge is 0.307 e. The minimum Gasteiger partial charge on any atom is -0.307 e. The van der Waals surface area contributed by atoms with E-state index in [0.29, 0.717) is 0 Å². The summed E-state index contributed by atoms with van der Waals surface area (Å²) in [4.78, 5) is 40.0. The average molecular weight is 282 g/mol. The van der Waals surface area contributed by atoms with E-state index in [4.69, 9.17) is 24.0 Å². The van der Waals surface area contributed by atoms with Crippen molar-refractivity contribution in [3.63, 3.8) is 0 Å². The van der Waals surface area contributed by atoms with Gasteiger partial charge in [0.2, 0.25) is 0 Å². The van der Waals surface area contributed by atoms with Crippen LogP contribution in [-0.2, 0) is 41.0 Å². The number of rotatable bonds is 0. The van der Waals surface area contributed by atoms with Crippen LogP contribution in [0.5, 0.6) is 0 Å². The van der Waals surface area contributed by atoms with E-state index in [1.807, 2.05) is 64.3 Å². The summed E-state index contributed by atoms with van der Waals surface area (Å²) < 4.78 is 0. The van der Waals surface area contributed by atoms with Crippen molar-refractivity contribution in [1.29, 1.82) is 0 Å². The molecule has 0 aromatic heterocycles. The Kier molecular flexibility index (Phi) is 308. The summed E-state index contributed by atoms with van der Waals surface area (Å²) in [5.41, 5.74) is 0. The third-order valence-electron chi connectivity index (χ3n) is 0.607. The van der Waals surface area contributed by atoms with Gasteiger partial charge in [-0.25, -0.2) is 0 Å². The van der Waals surface area contributed by atoms with Crippen molar-refractivity contribution >= 4 is 33.9 Å². The summed E-state index contributed by atoms with van der Waals surface area (Å²) in [7, 11) is 0. The molecule has 5 nitrogen and oxygen atoms in total. The molecule has 0 N–H and O–H groups in total. The van der Waals surface area contributed by atoms with E-state index < -0.39 is 0 Å². The molecular weight excluding hydrogens is 267 g/mol. The zero-order valence-electron chi connectivity index (χ0n) is 9.34. The molecule has 6 heteroatoms. The molecule has 0 spiro atoms. The van der Waals surface area contributed by atoms with E-state index in [1.54, 1.807) is 0 Å². The van der Waals surface area contributed by atoms with Crippen LogP contribution in [0.3, 0.4) is 0 Å². The SMILES string of the molecule is C=O.C=O.C=O.C=O.C=O.[Mn].[c-]1ccccc1. The van der Waals surface area contributed by atoms with Crippen LogP contribution in [0.2, 0.25) is 0 Å². The summed E-state index contributed by atoms with van der Waals surface area (Å²) in [6, 6.07) is 12.5. The van der Waals surface area contributed by atoms with E-state index in [1.165, 1.54) is 0 Å². The molecule has 1 aromatic carbocycles. The fraction of sp³-hybridized carbons (Fsp3) is 0. The van der Waals surface area contributed by atoms with Crippen molar-refractivity contribution in [2.45, 2.75) is 0 Å². The summed E-state index contributed by atoms with van der Waals surface area (Å²) in [5.74, 6) is 0. The van der Waals surface area contributed by atoms with Crippen molar-refractivity contribution < 1.29 is 41.0 Å². The van der Waals surface area contributed by atoms with Crippen molar-refractivity contribution in [2.75, 3.05) is 0 Å². The molecule has 0 unspecified atom stereocenters. The number of benzene rings is 1. The predicted molar refractivity (Wildman–Crippen MR) is 60.9 cm³/mol. The van der Waals surface area contributed by atoms with Gasteiger partial charge in [0.15, 0.2) is 0 Å². The number of hydrogen-bond donors (Lipinski definition) is 0. The van der Waals surface area contributed by atoms with Crippen LogP contribution in [0.25, 0.3) is 0 Å². The van der Waals surface area contributed by atoms with E-state index in [9.17, 15) is 0 Å². The molecule has 0 fully saturated rings. The zero-order chi connectivity index (χ0) is 14.2. The van der Waals surface area contributed by atoms with E-state index in [0.717, 1.165) is 0 Å².